The summed E-state index contributed by atoms with van der Waals surface area (Å²) >= 11 is 0. The fourth-order valence-electron chi connectivity index (χ4n) is 11.6. The van der Waals surface area contributed by atoms with Gasteiger partial charge in [-0.2, -0.15) is 0 Å². The lowest BCUT2D eigenvalue weighted by molar-refractivity contribution is -0.143. The summed E-state index contributed by atoms with van der Waals surface area (Å²) in [5, 5.41) is 23.3. The predicted octanol–water partition coefficient (Wildman–Crippen LogP) is 23.1. The van der Waals surface area contributed by atoms with E-state index in [0.29, 0.717) is 19.4 Å². The van der Waals surface area contributed by atoms with Crippen molar-refractivity contribution in [2.75, 3.05) is 13.2 Å². The molecule has 0 saturated heterocycles. The molecule has 0 radical (unpaired) electrons. The molecule has 0 bridgehead atoms. The second-order valence-corrected chi connectivity index (χ2v) is 24.9. The minimum absolute atomic E-state index is 0.0174. The second kappa shape index (κ2) is 68.1. The molecule has 0 fully saturated rings. The minimum Gasteiger partial charge on any atom is -0.466 e. The zero-order valence-electron chi connectivity index (χ0n) is 53.2. The molecular formula is C72H141NO5. The largest absolute Gasteiger partial charge is 0.466 e. The highest BCUT2D eigenvalue weighted by atomic mass is 16.5. The highest BCUT2D eigenvalue weighted by molar-refractivity contribution is 5.76. The Morgan fingerprint density at radius 2 is 0.590 bits per heavy atom. The van der Waals surface area contributed by atoms with Crippen LogP contribution in [0.3, 0.4) is 0 Å². The molecule has 0 aromatic heterocycles. The third kappa shape index (κ3) is 63.8. The van der Waals surface area contributed by atoms with Crippen LogP contribution in [0.4, 0.5) is 0 Å². The zero-order chi connectivity index (χ0) is 56.4. The number of rotatable bonds is 68. The summed E-state index contributed by atoms with van der Waals surface area (Å²) in [4.78, 5) is 24.6. The van der Waals surface area contributed by atoms with Gasteiger partial charge in [0.05, 0.1) is 25.4 Å². The number of hydrogen-bond acceptors (Lipinski definition) is 5. The Hall–Kier alpha value is -1.40. The van der Waals surface area contributed by atoms with Gasteiger partial charge in [-0.1, -0.05) is 379 Å². The first-order valence-corrected chi connectivity index (χ1v) is 36.0. The number of nitrogens with one attached hydrogen (secondary N) is 1. The van der Waals surface area contributed by atoms with Crippen molar-refractivity contribution in [3.63, 3.8) is 0 Å². The zero-order valence-corrected chi connectivity index (χ0v) is 53.2. The molecule has 0 heterocycles. The Morgan fingerprint density at radius 3 is 0.872 bits per heavy atom. The molecule has 0 saturated carbocycles. The molecule has 2 unspecified atom stereocenters. The van der Waals surface area contributed by atoms with Gasteiger partial charge < -0.3 is 20.3 Å². The Bertz CT molecular complexity index is 1180. The van der Waals surface area contributed by atoms with Gasteiger partial charge in [-0.25, -0.2) is 0 Å². The first-order valence-electron chi connectivity index (χ1n) is 36.0. The maximum absolute atomic E-state index is 12.5. The van der Waals surface area contributed by atoms with E-state index in [9.17, 15) is 19.8 Å². The number of hydrogen-bond donors (Lipinski definition) is 3. The van der Waals surface area contributed by atoms with Gasteiger partial charge >= 0.3 is 5.97 Å². The molecule has 1 amide bonds. The third-order valence-corrected chi connectivity index (χ3v) is 17.1. The summed E-state index contributed by atoms with van der Waals surface area (Å²) in [5.74, 6) is -0.0448. The molecule has 0 rings (SSSR count). The number of esters is 1. The molecule has 0 aliphatic rings. The summed E-state index contributed by atoms with van der Waals surface area (Å²) in [7, 11) is 0. The molecule has 0 aliphatic carbocycles. The van der Waals surface area contributed by atoms with E-state index in [1.165, 1.54) is 347 Å². The number of amides is 1. The van der Waals surface area contributed by atoms with E-state index < -0.39 is 12.1 Å². The van der Waals surface area contributed by atoms with Gasteiger partial charge in [0, 0.05) is 12.8 Å². The number of unbranched alkanes of at least 4 members (excludes halogenated alkanes) is 57. The van der Waals surface area contributed by atoms with Crippen molar-refractivity contribution >= 4 is 11.9 Å². The van der Waals surface area contributed by atoms with Gasteiger partial charge in [-0.15, -0.1) is 0 Å². The first kappa shape index (κ1) is 76.6. The molecule has 0 aromatic rings. The highest BCUT2D eigenvalue weighted by Gasteiger charge is 2.18. The van der Waals surface area contributed by atoms with Crippen molar-refractivity contribution in [1.82, 2.24) is 5.32 Å². The Labute approximate surface area is 489 Å². The van der Waals surface area contributed by atoms with E-state index >= 15 is 0 Å². The summed E-state index contributed by atoms with van der Waals surface area (Å²) in [6, 6.07) is -0.628. The van der Waals surface area contributed by atoms with Gasteiger partial charge in [0.2, 0.25) is 5.91 Å². The number of aliphatic hydroxyl groups is 2. The number of aliphatic hydroxyl groups excluding tert-OH is 2. The number of ether oxygens (including phenoxy) is 1. The Morgan fingerprint density at radius 1 is 0.346 bits per heavy atom. The van der Waals surface area contributed by atoms with Crippen molar-refractivity contribution in [3.8, 4) is 0 Å². The number of carbonyl (C=O) groups excluding carboxylic acids is 2. The van der Waals surface area contributed by atoms with Crippen molar-refractivity contribution in [2.24, 2.45) is 0 Å². The van der Waals surface area contributed by atoms with E-state index in [2.05, 4.69) is 19.2 Å². The van der Waals surface area contributed by atoms with Gasteiger partial charge in [-0.05, 0) is 32.1 Å². The third-order valence-electron chi connectivity index (χ3n) is 17.1. The van der Waals surface area contributed by atoms with E-state index in [0.717, 1.165) is 38.5 Å². The van der Waals surface area contributed by atoms with E-state index in [1.54, 1.807) is 6.08 Å². The van der Waals surface area contributed by atoms with E-state index in [1.807, 2.05) is 6.08 Å². The molecule has 6 nitrogen and oxygen atoms in total. The van der Waals surface area contributed by atoms with Crippen molar-refractivity contribution in [3.05, 3.63) is 12.2 Å². The minimum atomic E-state index is -0.845. The number of carbonyl (C=O) groups is 2. The lowest BCUT2D eigenvalue weighted by Gasteiger charge is -2.20. The average molecular weight is 1100 g/mol. The van der Waals surface area contributed by atoms with Crippen molar-refractivity contribution < 1.29 is 24.5 Å². The second-order valence-electron chi connectivity index (χ2n) is 24.9. The first-order chi connectivity index (χ1) is 38.5. The van der Waals surface area contributed by atoms with Crippen LogP contribution in [0.2, 0.25) is 0 Å². The molecule has 2 atom stereocenters. The standard InChI is InChI=1S/C72H141NO5/c1-3-5-7-9-11-13-15-17-19-20-21-22-23-25-28-31-34-37-40-44-48-52-56-60-64-70(75)69(68-74)73-71(76)65-61-57-53-49-45-41-38-35-32-29-26-24-27-30-33-36-39-43-47-51-55-59-63-67-78-72(77)66-62-58-54-50-46-42-18-16-14-12-10-8-6-4-2/h60,64,69-70,74-75H,3-59,61-63,65-68H2,1-2H3,(H,73,76)/b64-60+. The fourth-order valence-corrected chi connectivity index (χ4v) is 11.6. The summed E-state index contributed by atoms with van der Waals surface area (Å²) in [6.45, 7) is 4.95. The lowest BCUT2D eigenvalue weighted by Crippen LogP contribution is -2.45. The molecule has 6 heteroatoms. The van der Waals surface area contributed by atoms with E-state index in [-0.39, 0.29) is 18.5 Å². The van der Waals surface area contributed by atoms with Gasteiger partial charge in [-0.3, -0.25) is 9.59 Å². The van der Waals surface area contributed by atoms with Crippen LogP contribution in [-0.4, -0.2) is 47.4 Å². The van der Waals surface area contributed by atoms with Crippen LogP contribution in [0.1, 0.15) is 412 Å². The Balaban J connectivity index is 3.39. The predicted molar refractivity (Wildman–Crippen MR) is 343 cm³/mol. The molecule has 0 aromatic carbocycles. The molecule has 464 valence electrons. The van der Waals surface area contributed by atoms with Crippen LogP contribution in [0.15, 0.2) is 12.2 Å². The van der Waals surface area contributed by atoms with Crippen LogP contribution in [-0.2, 0) is 14.3 Å². The lowest BCUT2D eigenvalue weighted by atomic mass is 10.0. The monoisotopic (exact) mass is 1100 g/mol. The molecule has 0 aliphatic heterocycles. The van der Waals surface area contributed by atoms with Crippen LogP contribution in [0, 0.1) is 0 Å². The van der Waals surface area contributed by atoms with E-state index in [4.69, 9.17) is 4.74 Å². The number of allylic oxidation sites excluding steroid dienone is 1. The summed E-state index contributed by atoms with van der Waals surface area (Å²) < 4.78 is 5.49. The molecule has 0 spiro atoms. The van der Waals surface area contributed by atoms with Crippen molar-refractivity contribution in [2.45, 2.75) is 424 Å². The topological polar surface area (TPSA) is 95.9 Å². The maximum Gasteiger partial charge on any atom is 0.305 e. The smallest absolute Gasteiger partial charge is 0.305 e. The molecule has 3 N–H and O–H groups in total. The molecular weight excluding hydrogens is 959 g/mol. The van der Waals surface area contributed by atoms with Crippen LogP contribution in [0.5, 0.6) is 0 Å². The van der Waals surface area contributed by atoms with Gasteiger partial charge in [0.25, 0.3) is 0 Å². The average Bonchev–Trinajstić information content (AvgIpc) is 3.44. The molecule has 78 heavy (non-hydrogen) atoms. The van der Waals surface area contributed by atoms with Crippen LogP contribution < -0.4 is 5.32 Å². The quantitative estimate of drug-likeness (QED) is 0.0320. The van der Waals surface area contributed by atoms with Crippen molar-refractivity contribution in [1.29, 1.82) is 0 Å². The SMILES string of the molecule is CCCCCCCCCCCCCCCCCCCCCCCC/C=C/C(O)C(CO)NC(=O)CCCCCCCCCCCCCCCCCCCCCCCCCOC(=O)CCCCCCCCCCCCCCCC. The normalized spacial score (nSPS) is 12.5. The van der Waals surface area contributed by atoms with Crippen LogP contribution in [0.25, 0.3) is 0 Å². The highest BCUT2D eigenvalue weighted by Crippen LogP contribution is 2.19. The summed E-state index contributed by atoms with van der Waals surface area (Å²) in [6.07, 6.45) is 84.3. The maximum atomic E-state index is 12.5. The van der Waals surface area contributed by atoms with Gasteiger partial charge in [0.1, 0.15) is 0 Å². The fraction of sp³-hybridized carbons (Fsp3) is 0.944. The summed E-state index contributed by atoms with van der Waals surface area (Å²) in [5.41, 5.74) is 0. The van der Waals surface area contributed by atoms with Crippen LogP contribution >= 0.6 is 0 Å². The van der Waals surface area contributed by atoms with Gasteiger partial charge in [0.15, 0.2) is 0 Å². The Kier molecular flexibility index (Phi) is 66.9.